The van der Waals surface area contributed by atoms with Crippen LogP contribution in [0.3, 0.4) is 0 Å². The second-order valence-electron chi connectivity index (χ2n) is 3.81. The highest BCUT2D eigenvalue weighted by Crippen LogP contribution is 2.11. The van der Waals surface area contributed by atoms with Crippen molar-refractivity contribution in [2.75, 3.05) is 5.32 Å². The Bertz CT molecular complexity index is 605. The number of nitrogens with zero attached hydrogens (tertiary/aromatic N) is 1. The molecule has 0 spiro atoms. The van der Waals surface area contributed by atoms with Gasteiger partial charge in [-0.15, -0.1) is 0 Å². The number of pyridine rings is 1. The van der Waals surface area contributed by atoms with Gasteiger partial charge in [-0.05, 0) is 24.3 Å². The zero-order chi connectivity index (χ0) is 13.0. The lowest BCUT2D eigenvalue weighted by Crippen LogP contribution is -2.28. The summed E-state index contributed by atoms with van der Waals surface area (Å²) >= 11 is 0. The van der Waals surface area contributed by atoms with Crippen molar-refractivity contribution in [1.29, 1.82) is 0 Å². The fourth-order valence-corrected chi connectivity index (χ4v) is 1.60. The minimum absolute atomic E-state index is 0.122. The molecule has 1 aromatic heterocycles. The molecule has 3 N–H and O–H groups in total. The summed E-state index contributed by atoms with van der Waals surface area (Å²) in [6.07, 6.45) is 1.53. The summed E-state index contributed by atoms with van der Waals surface area (Å²) < 4.78 is 1.27. The van der Waals surface area contributed by atoms with Gasteiger partial charge in [-0.3, -0.25) is 9.59 Å². The number of anilines is 2. The summed E-state index contributed by atoms with van der Waals surface area (Å²) in [7, 11) is 0. The van der Waals surface area contributed by atoms with E-state index in [0.29, 0.717) is 5.69 Å². The van der Waals surface area contributed by atoms with E-state index in [1.165, 1.54) is 10.8 Å². The van der Waals surface area contributed by atoms with Gasteiger partial charge in [-0.25, -0.2) is 0 Å². The van der Waals surface area contributed by atoms with E-state index in [4.69, 9.17) is 5.73 Å². The van der Waals surface area contributed by atoms with Crippen molar-refractivity contribution in [1.82, 2.24) is 4.57 Å². The first kappa shape index (κ1) is 11.9. The zero-order valence-electron chi connectivity index (χ0n) is 9.67. The quantitative estimate of drug-likeness (QED) is 0.843. The van der Waals surface area contributed by atoms with Crippen LogP contribution in [0.1, 0.15) is 0 Å². The van der Waals surface area contributed by atoms with Crippen molar-refractivity contribution in [3.63, 3.8) is 0 Å². The van der Waals surface area contributed by atoms with Gasteiger partial charge < -0.3 is 15.6 Å². The molecule has 0 radical (unpaired) electrons. The summed E-state index contributed by atoms with van der Waals surface area (Å²) in [4.78, 5) is 22.8. The maximum Gasteiger partial charge on any atom is 0.274 e. The molecular formula is C13H13N3O2. The lowest BCUT2D eigenvalue weighted by Gasteiger charge is -2.08. The van der Waals surface area contributed by atoms with Crippen LogP contribution in [-0.2, 0) is 11.3 Å². The summed E-state index contributed by atoms with van der Waals surface area (Å²) in [5.41, 5.74) is 6.02. The molecule has 0 atom stereocenters. The number of nitrogens with two attached hydrogens (primary N) is 1. The van der Waals surface area contributed by atoms with Crippen molar-refractivity contribution in [3.05, 3.63) is 59.0 Å². The SMILES string of the molecule is NC(=O)Cn1cccc(Nc2ccccc2)c1=O. The Morgan fingerprint density at radius 2 is 1.89 bits per heavy atom. The number of hydrogen-bond donors (Lipinski definition) is 2. The fraction of sp³-hybridized carbons (Fsp3) is 0.0769. The fourth-order valence-electron chi connectivity index (χ4n) is 1.60. The lowest BCUT2D eigenvalue weighted by atomic mass is 10.3. The summed E-state index contributed by atoms with van der Waals surface area (Å²) in [5.74, 6) is -0.547. The van der Waals surface area contributed by atoms with Gasteiger partial charge in [-0.1, -0.05) is 18.2 Å². The van der Waals surface area contributed by atoms with Crippen LogP contribution in [0.25, 0.3) is 0 Å². The van der Waals surface area contributed by atoms with Crippen molar-refractivity contribution < 1.29 is 4.79 Å². The third kappa shape index (κ3) is 2.76. The van der Waals surface area contributed by atoms with Crippen LogP contribution in [0, 0.1) is 0 Å². The number of aromatic nitrogens is 1. The summed E-state index contributed by atoms with van der Waals surface area (Å²) in [6.45, 7) is -0.122. The highest BCUT2D eigenvalue weighted by atomic mass is 16.2. The number of nitrogens with one attached hydrogen (secondary N) is 1. The highest BCUT2D eigenvalue weighted by Gasteiger charge is 2.05. The predicted molar refractivity (Wildman–Crippen MR) is 69.6 cm³/mol. The molecule has 0 aliphatic carbocycles. The number of carbonyl (C=O) groups is 1. The van der Waals surface area contributed by atoms with Crippen molar-refractivity contribution in [3.8, 4) is 0 Å². The molecule has 1 amide bonds. The van der Waals surface area contributed by atoms with Crippen LogP contribution >= 0.6 is 0 Å². The maximum atomic E-state index is 12.0. The lowest BCUT2D eigenvalue weighted by molar-refractivity contribution is -0.118. The van der Waals surface area contributed by atoms with Gasteiger partial charge in [0.05, 0.1) is 0 Å². The molecule has 1 heterocycles. The molecule has 0 aliphatic rings. The van der Waals surface area contributed by atoms with Crippen molar-refractivity contribution in [2.45, 2.75) is 6.54 Å². The monoisotopic (exact) mass is 243 g/mol. The van der Waals surface area contributed by atoms with Crippen LogP contribution < -0.4 is 16.6 Å². The Hall–Kier alpha value is -2.56. The number of hydrogen-bond acceptors (Lipinski definition) is 3. The molecule has 0 saturated carbocycles. The summed E-state index contributed by atoms with van der Waals surface area (Å²) in [6, 6.07) is 12.7. The molecule has 1 aromatic carbocycles. The van der Waals surface area contributed by atoms with E-state index < -0.39 is 5.91 Å². The summed E-state index contributed by atoms with van der Waals surface area (Å²) in [5, 5.41) is 3.00. The Balaban J connectivity index is 2.29. The Kier molecular flexibility index (Phi) is 3.43. The van der Waals surface area contributed by atoms with Gasteiger partial charge in [0, 0.05) is 11.9 Å². The standard InChI is InChI=1S/C13H13N3O2/c14-12(17)9-16-8-4-7-11(13(16)18)15-10-5-2-1-3-6-10/h1-8,15H,9H2,(H2,14,17). The topological polar surface area (TPSA) is 77.1 Å². The van der Waals surface area contributed by atoms with E-state index >= 15 is 0 Å². The number of para-hydroxylation sites is 1. The molecular weight excluding hydrogens is 230 g/mol. The second-order valence-corrected chi connectivity index (χ2v) is 3.81. The molecule has 0 unspecified atom stereocenters. The largest absolute Gasteiger partial charge is 0.368 e. The van der Waals surface area contributed by atoms with Crippen LogP contribution in [-0.4, -0.2) is 10.5 Å². The van der Waals surface area contributed by atoms with E-state index in [1.807, 2.05) is 30.3 Å². The molecule has 92 valence electrons. The Labute approximate surface area is 104 Å². The van der Waals surface area contributed by atoms with Crippen molar-refractivity contribution >= 4 is 17.3 Å². The molecule has 2 aromatic rings. The number of benzene rings is 1. The van der Waals surface area contributed by atoms with E-state index in [1.54, 1.807) is 12.1 Å². The van der Waals surface area contributed by atoms with E-state index in [2.05, 4.69) is 5.32 Å². The molecule has 5 heteroatoms. The minimum atomic E-state index is -0.547. The first-order valence-corrected chi connectivity index (χ1v) is 5.46. The first-order chi connectivity index (χ1) is 8.66. The van der Waals surface area contributed by atoms with Gasteiger partial charge in [0.1, 0.15) is 12.2 Å². The van der Waals surface area contributed by atoms with Crippen LogP contribution in [0.5, 0.6) is 0 Å². The third-order valence-electron chi connectivity index (χ3n) is 2.40. The molecule has 0 aliphatic heterocycles. The molecule has 18 heavy (non-hydrogen) atoms. The van der Waals surface area contributed by atoms with Gasteiger partial charge in [0.25, 0.3) is 5.56 Å². The minimum Gasteiger partial charge on any atom is -0.368 e. The molecule has 0 bridgehead atoms. The third-order valence-corrected chi connectivity index (χ3v) is 2.40. The Morgan fingerprint density at radius 3 is 2.56 bits per heavy atom. The smallest absolute Gasteiger partial charge is 0.274 e. The van der Waals surface area contributed by atoms with Gasteiger partial charge >= 0.3 is 0 Å². The highest BCUT2D eigenvalue weighted by molar-refractivity contribution is 5.73. The van der Waals surface area contributed by atoms with Crippen LogP contribution in [0.15, 0.2) is 53.5 Å². The van der Waals surface area contributed by atoms with E-state index in [9.17, 15) is 9.59 Å². The Morgan fingerprint density at radius 1 is 1.17 bits per heavy atom. The molecule has 5 nitrogen and oxygen atoms in total. The average molecular weight is 243 g/mol. The maximum absolute atomic E-state index is 12.0. The number of carbonyl (C=O) groups excluding carboxylic acids is 1. The first-order valence-electron chi connectivity index (χ1n) is 5.46. The predicted octanol–water partition coefficient (Wildman–Crippen LogP) is 1.08. The zero-order valence-corrected chi connectivity index (χ0v) is 9.67. The molecule has 0 saturated heterocycles. The van der Waals surface area contributed by atoms with Gasteiger partial charge in [0.2, 0.25) is 5.91 Å². The number of primary amides is 1. The van der Waals surface area contributed by atoms with E-state index in [0.717, 1.165) is 5.69 Å². The normalized spacial score (nSPS) is 10.0. The van der Waals surface area contributed by atoms with Crippen molar-refractivity contribution in [2.24, 2.45) is 5.73 Å². The van der Waals surface area contributed by atoms with Gasteiger partial charge in [-0.2, -0.15) is 0 Å². The number of amides is 1. The number of rotatable bonds is 4. The van der Waals surface area contributed by atoms with E-state index in [-0.39, 0.29) is 12.1 Å². The van der Waals surface area contributed by atoms with Crippen LogP contribution in [0.2, 0.25) is 0 Å². The molecule has 2 rings (SSSR count). The van der Waals surface area contributed by atoms with Gasteiger partial charge in [0.15, 0.2) is 0 Å². The van der Waals surface area contributed by atoms with Crippen LogP contribution in [0.4, 0.5) is 11.4 Å². The molecule has 0 fully saturated rings. The average Bonchev–Trinajstić information content (AvgIpc) is 2.35. The second kappa shape index (κ2) is 5.18.